The summed E-state index contributed by atoms with van der Waals surface area (Å²) >= 11 is 0. The van der Waals surface area contributed by atoms with E-state index < -0.39 is 0 Å². The van der Waals surface area contributed by atoms with Gasteiger partial charge in [-0.05, 0) is 60.7 Å². The minimum Gasteiger partial charge on any atom is -0.496 e. The summed E-state index contributed by atoms with van der Waals surface area (Å²) < 4.78 is 5.36. The van der Waals surface area contributed by atoms with Crippen LogP contribution in [0.25, 0.3) is 0 Å². The van der Waals surface area contributed by atoms with Gasteiger partial charge in [-0.3, -0.25) is 0 Å². The highest BCUT2D eigenvalue weighted by atomic mass is 16.5. The number of aryl methyl sites for hydroxylation is 2. The van der Waals surface area contributed by atoms with E-state index >= 15 is 0 Å². The fraction of sp³-hybridized carbons (Fsp3) is 0.278. The van der Waals surface area contributed by atoms with Crippen molar-refractivity contribution in [2.45, 2.75) is 25.8 Å². The van der Waals surface area contributed by atoms with Gasteiger partial charge in [0.05, 0.1) is 18.7 Å². The Kier molecular flexibility index (Phi) is 3.79. The van der Waals surface area contributed by atoms with E-state index in [4.69, 9.17) is 10.00 Å². The molecule has 1 aliphatic rings. The number of hydrogen-bond donors (Lipinski definition) is 1. The number of benzene rings is 2. The molecule has 0 fully saturated rings. The van der Waals surface area contributed by atoms with Crippen LogP contribution < -0.4 is 10.1 Å². The van der Waals surface area contributed by atoms with Gasteiger partial charge in [0.1, 0.15) is 5.75 Å². The summed E-state index contributed by atoms with van der Waals surface area (Å²) in [5, 5.41) is 12.4. The van der Waals surface area contributed by atoms with Crippen LogP contribution in [0.3, 0.4) is 0 Å². The van der Waals surface area contributed by atoms with E-state index in [-0.39, 0.29) is 0 Å². The molecule has 106 valence electrons. The van der Waals surface area contributed by atoms with Crippen molar-refractivity contribution in [3.05, 3.63) is 58.7 Å². The maximum atomic E-state index is 9.01. The molecule has 3 heteroatoms. The SMILES string of the molecule is COc1ccc(C#N)cc1CNc1ccc2c(c1)CCC2. The summed E-state index contributed by atoms with van der Waals surface area (Å²) in [6.07, 6.45) is 3.64. The lowest BCUT2D eigenvalue weighted by atomic mass is 10.1. The van der Waals surface area contributed by atoms with Crippen molar-refractivity contribution < 1.29 is 4.74 Å². The second kappa shape index (κ2) is 5.88. The molecule has 0 aliphatic heterocycles. The predicted molar refractivity (Wildman–Crippen MR) is 83.5 cm³/mol. The first-order chi connectivity index (χ1) is 10.3. The van der Waals surface area contributed by atoms with Crippen LogP contribution in [-0.2, 0) is 19.4 Å². The Balaban J connectivity index is 1.77. The van der Waals surface area contributed by atoms with Gasteiger partial charge in [-0.2, -0.15) is 5.26 Å². The molecule has 0 radical (unpaired) electrons. The van der Waals surface area contributed by atoms with Gasteiger partial charge in [0.15, 0.2) is 0 Å². The lowest BCUT2D eigenvalue weighted by Crippen LogP contribution is -2.02. The van der Waals surface area contributed by atoms with Gasteiger partial charge in [0.2, 0.25) is 0 Å². The third-order valence-corrected chi connectivity index (χ3v) is 3.99. The lowest BCUT2D eigenvalue weighted by Gasteiger charge is -2.12. The summed E-state index contributed by atoms with van der Waals surface area (Å²) in [4.78, 5) is 0. The molecule has 0 spiro atoms. The van der Waals surface area contributed by atoms with Gasteiger partial charge < -0.3 is 10.1 Å². The number of fused-ring (bicyclic) bond motifs is 1. The second-order valence-corrected chi connectivity index (χ2v) is 5.33. The lowest BCUT2D eigenvalue weighted by molar-refractivity contribution is 0.410. The van der Waals surface area contributed by atoms with Crippen molar-refractivity contribution in [3.8, 4) is 11.8 Å². The van der Waals surface area contributed by atoms with E-state index in [2.05, 4.69) is 29.6 Å². The number of anilines is 1. The quantitative estimate of drug-likeness (QED) is 0.928. The molecule has 0 amide bonds. The highest BCUT2D eigenvalue weighted by Crippen LogP contribution is 2.26. The maximum absolute atomic E-state index is 9.01. The molecular formula is C18H18N2O. The van der Waals surface area contributed by atoms with Gasteiger partial charge in [-0.15, -0.1) is 0 Å². The molecule has 0 aromatic heterocycles. The molecule has 3 nitrogen and oxygen atoms in total. The Bertz CT molecular complexity index is 701. The summed E-state index contributed by atoms with van der Waals surface area (Å²) in [7, 11) is 1.65. The molecule has 21 heavy (non-hydrogen) atoms. The Hall–Kier alpha value is -2.47. The molecular weight excluding hydrogens is 260 g/mol. The molecule has 3 rings (SSSR count). The fourth-order valence-electron chi connectivity index (χ4n) is 2.87. The Morgan fingerprint density at radius 3 is 2.81 bits per heavy atom. The first kappa shape index (κ1) is 13.5. The van der Waals surface area contributed by atoms with Gasteiger partial charge >= 0.3 is 0 Å². The largest absolute Gasteiger partial charge is 0.496 e. The first-order valence-corrected chi connectivity index (χ1v) is 7.23. The van der Waals surface area contributed by atoms with Crippen LogP contribution in [0.4, 0.5) is 5.69 Å². The maximum Gasteiger partial charge on any atom is 0.123 e. The Labute approximate surface area is 125 Å². The zero-order valence-corrected chi connectivity index (χ0v) is 12.1. The summed E-state index contributed by atoms with van der Waals surface area (Å²) in [5.74, 6) is 0.808. The standard InChI is InChI=1S/C18H18N2O/c1-21-18-8-5-13(11-19)9-16(18)12-20-17-7-6-14-3-2-4-15(14)10-17/h5-10,20H,2-4,12H2,1H3. The number of rotatable bonds is 4. The molecule has 2 aromatic rings. The average Bonchev–Trinajstić information content (AvgIpc) is 3.00. The van der Waals surface area contributed by atoms with E-state index in [0.29, 0.717) is 12.1 Å². The molecule has 0 saturated heterocycles. The van der Waals surface area contributed by atoms with E-state index in [1.807, 2.05) is 12.1 Å². The van der Waals surface area contributed by atoms with Crippen LogP contribution in [0.1, 0.15) is 28.7 Å². The van der Waals surface area contributed by atoms with Crippen LogP contribution in [0.2, 0.25) is 0 Å². The summed E-state index contributed by atoms with van der Waals surface area (Å²) in [6.45, 7) is 0.650. The minimum absolute atomic E-state index is 0.650. The van der Waals surface area contributed by atoms with E-state index in [1.54, 1.807) is 13.2 Å². The zero-order chi connectivity index (χ0) is 14.7. The Morgan fingerprint density at radius 1 is 1.14 bits per heavy atom. The van der Waals surface area contributed by atoms with Crippen LogP contribution in [-0.4, -0.2) is 7.11 Å². The number of ether oxygens (including phenoxy) is 1. The number of nitrogens with zero attached hydrogens (tertiary/aromatic N) is 1. The summed E-state index contributed by atoms with van der Waals surface area (Å²) in [6, 6.07) is 14.2. The average molecular weight is 278 g/mol. The van der Waals surface area contributed by atoms with Gasteiger partial charge in [0.25, 0.3) is 0 Å². The van der Waals surface area contributed by atoms with E-state index in [0.717, 1.165) is 17.0 Å². The molecule has 0 atom stereocenters. The van der Waals surface area contributed by atoms with Crippen LogP contribution in [0.5, 0.6) is 5.75 Å². The van der Waals surface area contributed by atoms with Gasteiger partial charge in [-0.1, -0.05) is 6.07 Å². The van der Waals surface area contributed by atoms with E-state index in [9.17, 15) is 0 Å². The minimum atomic E-state index is 0.650. The van der Waals surface area contributed by atoms with Gasteiger partial charge in [0, 0.05) is 17.8 Å². The van der Waals surface area contributed by atoms with Crippen molar-refractivity contribution in [2.75, 3.05) is 12.4 Å². The number of nitrogens with one attached hydrogen (secondary N) is 1. The third-order valence-electron chi connectivity index (χ3n) is 3.99. The highest BCUT2D eigenvalue weighted by molar-refractivity contribution is 5.51. The van der Waals surface area contributed by atoms with Gasteiger partial charge in [-0.25, -0.2) is 0 Å². The van der Waals surface area contributed by atoms with Crippen molar-refractivity contribution in [3.63, 3.8) is 0 Å². The van der Waals surface area contributed by atoms with Crippen LogP contribution >= 0.6 is 0 Å². The fourth-order valence-corrected chi connectivity index (χ4v) is 2.87. The molecule has 0 bridgehead atoms. The first-order valence-electron chi connectivity index (χ1n) is 7.23. The molecule has 0 heterocycles. The number of hydrogen-bond acceptors (Lipinski definition) is 3. The predicted octanol–water partition coefficient (Wildman–Crippen LogP) is 3.67. The summed E-state index contributed by atoms with van der Waals surface area (Å²) in [5.41, 5.74) is 5.71. The van der Waals surface area contributed by atoms with Crippen molar-refractivity contribution in [1.82, 2.24) is 0 Å². The van der Waals surface area contributed by atoms with Crippen LogP contribution in [0.15, 0.2) is 36.4 Å². The highest BCUT2D eigenvalue weighted by Gasteiger charge is 2.11. The number of methoxy groups -OCH3 is 1. The molecule has 0 saturated carbocycles. The van der Waals surface area contributed by atoms with Crippen molar-refractivity contribution in [2.24, 2.45) is 0 Å². The monoisotopic (exact) mass is 278 g/mol. The zero-order valence-electron chi connectivity index (χ0n) is 12.1. The molecule has 1 N–H and O–H groups in total. The molecule has 0 unspecified atom stereocenters. The number of nitriles is 1. The van der Waals surface area contributed by atoms with Crippen LogP contribution in [0, 0.1) is 11.3 Å². The van der Waals surface area contributed by atoms with Crippen molar-refractivity contribution in [1.29, 1.82) is 5.26 Å². The molecule has 1 aliphatic carbocycles. The third kappa shape index (κ3) is 2.85. The van der Waals surface area contributed by atoms with Crippen molar-refractivity contribution >= 4 is 5.69 Å². The normalized spacial score (nSPS) is 12.6. The topological polar surface area (TPSA) is 45.0 Å². The Morgan fingerprint density at radius 2 is 2.00 bits per heavy atom. The molecule has 2 aromatic carbocycles. The van der Waals surface area contributed by atoms with E-state index in [1.165, 1.54) is 30.4 Å². The second-order valence-electron chi connectivity index (χ2n) is 5.33. The smallest absolute Gasteiger partial charge is 0.123 e.